The van der Waals surface area contributed by atoms with Crippen LogP contribution in [0.15, 0.2) is 34.8 Å². The highest BCUT2D eigenvalue weighted by Gasteiger charge is 2.20. The Hall–Kier alpha value is -1.44. The van der Waals surface area contributed by atoms with Crippen molar-refractivity contribution in [2.24, 2.45) is 5.84 Å². The molecular weight excluding hydrogens is 352 g/mol. The molecule has 3 N–H and O–H groups in total. The van der Waals surface area contributed by atoms with Crippen molar-refractivity contribution in [1.29, 1.82) is 0 Å². The lowest BCUT2D eigenvalue weighted by Gasteiger charge is -2.18. The normalized spacial score (nSPS) is 12.5. The van der Waals surface area contributed by atoms with Gasteiger partial charge in [0.1, 0.15) is 5.82 Å². The number of hydrogen-bond acceptors (Lipinski definition) is 2. The number of halogens is 5. The first-order chi connectivity index (χ1) is 9.92. The summed E-state index contributed by atoms with van der Waals surface area (Å²) in [5.74, 6) is 0.725. The van der Waals surface area contributed by atoms with Gasteiger partial charge in [-0.1, -0.05) is 22.0 Å². The molecule has 21 heavy (non-hydrogen) atoms. The number of hydrogen-bond donors (Lipinski definition) is 2. The molecule has 1 unspecified atom stereocenters. The summed E-state index contributed by atoms with van der Waals surface area (Å²) in [5.41, 5.74) is 2.72. The van der Waals surface area contributed by atoms with Gasteiger partial charge < -0.3 is 0 Å². The van der Waals surface area contributed by atoms with Crippen LogP contribution in [0.25, 0.3) is 0 Å². The summed E-state index contributed by atoms with van der Waals surface area (Å²) in [6, 6.07) is 5.25. The summed E-state index contributed by atoms with van der Waals surface area (Å²) in [5, 5.41) is 0. The number of rotatable bonds is 4. The first kappa shape index (κ1) is 15.9. The minimum Gasteiger partial charge on any atom is -0.271 e. The smallest absolute Gasteiger partial charge is 0.194 e. The fraction of sp³-hybridized carbons (Fsp3) is 0.143. The van der Waals surface area contributed by atoms with Crippen LogP contribution in [0.4, 0.5) is 17.6 Å². The van der Waals surface area contributed by atoms with E-state index in [1.807, 2.05) is 0 Å². The zero-order valence-corrected chi connectivity index (χ0v) is 12.2. The van der Waals surface area contributed by atoms with Crippen LogP contribution >= 0.6 is 15.9 Å². The molecule has 2 nitrogen and oxygen atoms in total. The lowest BCUT2D eigenvalue weighted by atomic mass is 9.98. The van der Waals surface area contributed by atoms with Gasteiger partial charge in [0.2, 0.25) is 0 Å². The summed E-state index contributed by atoms with van der Waals surface area (Å²) in [7, 11) is 0. The maximum absolute atomic E-state index is 13.8. The van der Waals surface area contributed by atoms with E-state index in [-0.39, 0.29) is 12.0 Å². The zero-order valence-electron chi connectivity index (χ0n) is 10.6. The van der Waals surface area contributed by atoms with Crippen molar-refractivity contribution in [3.63, 3.8) is 0 Å². The maximum atomic E-state index is 13.8. The topological polar surface area (TPSA) is 38.0 Å². The summed E-state index contributed by atoms with van der Waals surface area (Å²) >= 11 is 3.14. The summed E-state index contributed by atoms with van der Waals surface area (Å²) in [6.45, 7) is 0. The molecule has 2 aromatic rings. The third kappa shape index (κ3) is 3.61. The van der Waals surface area contributed by atoms with E-state index in [9.17, 15) is 17.6 Å². The Morgan fingerprint density at radius 1 is 1.05 bits per heavy atom. The Kier molecular flexibility index (Phi) is 4.97. The van der Waals surface area contributed by atoms with E-state index in [4.69, 9.17) is 5.84 Å². The fourth-order valence-corrected chi connectivity index (χ4v) is 2.55. The lowest BCUT2D eigenvalue weighted by molar-refractivity contribution is 0.424. The Balaban J connectivity index is 2.34. The van der Waals surface area contributed by atoms with Gasteiger partial charge in [-0.2, -0.15) is 0 Å². The quantitative estimate of drug-likeness (QED) is 0.376. The van der Waals surface area contributed by atoms with E-state index >= 15 is 0 Å². The van der Waals surface area contributed by atoms with Crippen molar-refractivity contribution in [2.45, 2.75) is 12.5 Å². The van der Waals surface area contributed by atoms with Gasteiger partial charge in [0.25, 0.3) is 0 Å². The molecule has 0 fully saturated rings. The number of nitrogens with one attached hydrogen (secondary N) is 1. The Labute approximate surface area is 127 Å². The van der Waals surface area contributed by atoms with Crippen molar-refractivity contribution in [3.05, 3.63) is 69.2 Å². The molecule has 2 rings (SSSR count). The predicted octanol–water partition coefficient (Wildman–Crippen LogP) is 3.75. The molecule has 0 radical (unpaired) electrons. The fourth-order valence-electron chi connectivity index (χ4n) is 2.03. The number of hydrazine groups is 1. The van der Waals surface area contributed by atoms with Crippen LogP contribution in [0.2, 0.25) is 0 Å². The van der Waals surface area contributed by atoms with Gasteiger partial charge >= 0.3 is 0 Å². The molecule has 0 saturated carbocycles. The molecule has 0 aliphatic carbocycles. The van der Waals surface area contributed by atoms with Crippen molar-refractivity contribution < 1.29 is 17.6 Å². The van der Waals surface area contributed by atoms with E-state index in [1.165, 1.54) is 12.1 Å². The van der Waals surface area contributed by atoms with Gasteiger partial charge in [-0.25, -0.2) is 17.6 Å². The standard InChI is InChI=1S/C14H11BrF4N2/c15-8-3-7(4-9(16)6-8)5-12(21-20)10-1-2-11(17)14(19)13(10)18/h1-4,6,12,21H,5,20H2. The number of benzene rings is 2. The van der Waals surface area contributed by atoms with E-state index in [0.717, 1.165) is 12.1 Å². The van der Waals surface area contributed by atoms with E-state index < -0.39 is 29.3 Å². The van der Waals surface area contributed by atoms with Crippen LogP contribution in [0.3, 0.4) is 0 Å². The van der Waals surface area contributed by atoms with Gasteiger partial charge in [0.05, 0.1) is 6.04 Å². The maximum Gasteiger partial charge on any atom is 0.194 e. The van der Waals surface area contributed by atoms with Crippen molar-refractivity contribution in [2.75, 3.05) is 0 Å². The summed E-state index contributed by atoms with van der Waals surface area (Å²) in [4.78, 5) is 0. The Morgan fingerprint density at radius 2 is 1.76 bits per heavy atom. The Bertz CT molecular complexity index is 643. The van der Waals surface area contributed by atoms with Crippen LogP contribution < -0.4 is 11.3 Å². The molecule has 0 aliphatic rings. The highest BCUT2D eigenvalue weighted by atomic mass is 79.9. The van der Waals surface area contributed by atoms with E-state index in [1.54, 1.807) is 6.07 Å². The molecule has 0 amide bonds. The van der Waals surface area contributed by atoms with Crippen LogP contribution in [0, 0.1) is 23.3 Å². The Morgan fingerprint density at radius 3 is 2.38 bits per heavy atom. The molecule has 0 aromatic heterocycles. The SMILES string of the molecule is NNC(Cc1cc(F)cc(Br)c1)c1ccc(F)c(F)c1F. The monoisotopic (exact) mass is 362 g/mol. The van der Waals surface area contributed by atoms with Crippen LogP contribution in [-0.2, 0) is 6.42 Å². The predicted molar refractivity (Wildman–Crippen MR) is 74.2 cm³/mol. The zero-order chi connectivity index (χ0) is 15.6. The first-order valence-corrected chi connectivity index (χ1v) is 6.76. The second kappa shape index (κ2) is 6.55. The first-order valence-electron chi connectivity index (χ1n) is 5.97. The average Bonchev–Trinajstić information content (AvgIpc) is 2.42. The third-order valence-corrected chi connectivity index (χ3v) is 3.46. The molecular formula is C14H11BrF4N2. The molecule has 0 spiro atoms. The minimum absolute atomic E-state index is 0.106. The van der Waals surface area contributed by atoms with Gasteiger partial charge in [-0.05, 0) is 36.2 Å². The van der Waals surface area contributed by atoms with Gasteiger partial charge in [0.15, 0.2) is 17.5 Å². The van der Waals surface area contributed by atoms with Crippen molar-refractivity contribution in [1.82, 2.24) is 5.43 Å². The molecule has 0 heterocycles. The van der Waals surface area contributed by atoms with E-state index in [0.29, 0.717) is 10.0 Å². The van der Waals surface area contributed by atoms with E-state index in [2.05, 4.69) is 21.4 Å². The molecule has 0 saturated heterocycles. The van der Waals surface area contributed by atoms with Crippen LogP contribution in [0.5, 0.6) is 0 Å². The highest BCUT2D eigenvalue weighted by Crippen LogP contribution is 2.25. The molecule has 7 heteroatoms. The van der Waals surface area contributed by atoms with Crippen molar-refractivity contribution >= 4 is 15.9 Å². The molecule has 1 atom stereocenters. The lowest BCUT2D eigenvalue weighted by Crippen LogP contribution is -2.30. The van der Waals surface area contributed by atoms with Crippen molar-refractivity contribution in [3.8, 4) is 0 Å². The molecule has 112 valence electrons. The molecule has 0 aliphatic heterocycles. The van der Waals surface area contributed by atoms with Gasteiger partial charge in [-0.3, -0.25) is 11.3 Å². The van der Waals surface area contributed by atoms with Crippen LogP contribution in [0.1, 0.15) is 17.2 Å². The second-order valence-corrected chi connectivity index (χ2v) is 5.38. The molecule has 0 bridgehead atoms. The second-order valence-electron chi connectivity index (χ2n) is 4.47. The number of nitrogens with two attached hydrogens (primary N) is 1. The third-order valence-electron chi connectivity index (χ3n) is 3.00. The van der Waals surface area contributed by atoms with Gasteiger partial charge in [-0.15, -0.1) is 0 Å². The van der Waals surface area contributed by atoms with Crippen LogP contribution in [-0.4, -0.2) is 0 Å². The highest BCUT2D eigenvalue weighted by molar-refractivity contribution is 9.10. The largest absolute Gasteiger partial charge is 0.271 e. The summed E-state index contributed by atoms with van der Waals surface area (Å²) in [6.07, 6.45) is 0.106. The molecule has 2 aromatic carbocycles. The summed E-state index contributed by atoms with van der Waals surface area (Å²) < 4.78 is 53.8. The average molecular weight is 363 g/mol. The minimum atomic E-state index is -1.56. The van der Waals surface area contributed by atoms with Gasteiger partial charge in [0, 0.05) is 10.0 Å².